The van der Waals surface area contributed by atoms with Crippen molar-refractivity contribution in [3.63, 3.8) is 0 Å². The summed E-state index contributed by atoms with van der Waals surface area (Å²) in [6.45, 7) is 1.36. The Labute approximate surface area is 159 Å². The van der Waals surface area contributed by atoms with Crippen LogP contribution in [-0.4, -0.2) is 54.2 Å². The number of rotatable bonds is 5. The van der Waals surface area contributed by atoms with Gasteiger partial charge in [0.2, 0.25) is 5.91 Å². The molecule has 4 aliphatic rings. The van der Waals surface area contributed by atoms with Crippen LogP contribution >= 0.6 is 0 Å². The second-order valence-electron chi connectivity index (χ2n) is 8.03. The van der Waals surface area contributed by atoms with Gasteiger partial charge in [0.1, 0.15) is 13.2 Å². The number of hydrogen-bond donors (Lipinski definition) is 0. The second-order valence-corrected chi connectivity index (χ2v) is 8.03. The molecule has 27 heavy (non-hydrogen) atoms. The normalized spacial score (nSPS) is 26.0. The predicted molar refractivity (Wildman–Crippen MR) is 96.6 cm³/mol. The first kappa shape index (κ1) is 18.3. The lowest BCUT2D eigenvalue weighted by atomic mass is 9.84. The monoisotopic (exact) mass is 376 g/mol. The highest BCUT2D eigenvalue weighted by molar-refractivity contribution is 5.96. The molecule has 0 aromatic heterocycles. The van der Waals surface area contributed by atoms with Crippen molar-refractivity contribution in [1.29, 1.82) is 0 Å². The third-order valence-corrected chi connectivity index (χ3v) is 6.36. The minimum absolute atomic E-state index is 0.159. The number of carbonyl (C=O) groups is 3. The van der Waals surface area contributed by atoms with Gasteiger partial charge >= 0.3 is 12.2 Å². The van der Waals surface area contributed by atoms with E-state index in [1.807, 2.05) is 0 Å². The van der Waals surface area contributed by atoms with Crippen LogP contribution in [0.4, 0.5) is 9.59 Å². The largest absolute Gasteiger partial charge is 0.447 e. The van der Waals surface area contributed by atoms with Crippen molar-refractivity contribution in [2.24, 2.45) is 17.8 Å². The maximum absolute atomic E-state index is 13.4. The first-order valence-corrected chi connectivity index (χ1v) is 10.3. The van der Waals surface area contributed by atoms with E-state index in [4.69, 9.17) is 9.47 Å². The first-order valence-electron chi connectivity index (χ1n) is 10.3. The van der Waals surface area contributed by atoms with Gasteiger partial charge in [0.25, 0.3) is 0 Å². The lowest BCUT2D eigenvalue weighted by molar-refractivity contribution is -0.132. The fraction of sp³-hybridized carbons (Fsp3) is 0.750. The van der Waals surface area contributed by atoms with Crippen molar-refractivity contribution >= 4 is 18.1 Å². The van der Waals surface area contributed by atoms with Crippen molar-refractivity contribution in [1.82, 2.24) is 9.80 Å². The number of carbonyl (C=O) groups excluding carboxylic acids is 3. The summed E-state index contributed by atoms with van der Waals surface area (Å²) in [5, 5.41) is 0. The molecule has 0 bridgehead atoms. The molecule has 0 radical (unpaired) electrons. The smallest absolute Gasteiger partial charge is 0.416 e. The van der Waals surface area contributed by atoms with Crippen LogP contribution in [0, 0.1) is 17.8 Å². The van der Waals surface area contributed by atoms with Crippen LogP contribution in [-0.2, 0) is 14.3 Å². The second kappa shape index (κ2) is 7.90. The van der Waals surface area contributed by atoms with Crippen LogP contribution in [0.5, 0.6) is 0 Å². The third kappa shape index (κ3) is 3.69. The van der Waals surface area contributed by atoms with E-state index in [1.54, 1.807) is 4.90 Å². The molecule has 0 spiro atoms. The van der Waals surface area contributed by atoms with Crippen LogP contribution < -0.4 is 0 Å². The van der Waals surface area contributed by atoms with Crippen molar-refractivity contribution in [3.05, 3.63) is 11.8 Å². The summed E-state index contributed by atoms with van der Waals surface area (Å²) in [6, 6.07) is 0. The highest BCUT2D eigenvalue weighted by Crippen LogP contribution is 2.40. The molecule has 4 fully saturated rings. The van der Waals surface area contributed by atoms with Crippen LogP contribution in [0.3, 0.4) is 0 Å². The number of cyclic esters (lactones) is 2. The highest BCUT2D eigenvalue weighted by Gasteiger charge is 2.44. The Bertz CT molecular complexity index is 634. The molecule has 0 aromatic rings. The average Bonchev–Trinajstić information content (AvgIpc) is 3.43. The number of allylic oxidation sites excluding steroid dienone is 1. The number of nitrogens with zero attached hydrogens (tertiary/aromatic N) is 2. The van der Waals surface area contributed by atoms with E-state index in [0.717, 1.165) is 44.2 Å². The first-order chi connectivity index (χ1) is 13.1. The molecule has 148 valence electrons. The summed E-state index contributed by atoms with van der Waals surface area (Å²) >= 11 is 0. The Kier molecular flexibility index (Phi) is 5.36. The molecule has 7 nitrogen and oxygen atoms in total. The standard InChI is InChI=1S/C20H28N2O5/c23-18(22-10-12-27-20(22)25)17(15-7-3-4-8-15)16(13-14-5-1-2-6-14)21-9-11-26-19(21)24/h13-15,17H,1-12H2/b16-13-. The van der Waals surface area contributed by atoms with Gasteiger partial charge in [-0.3, -0.25) is 9.69 Å². The summed E-state index contributed by atoms with van der Waals surface area (Å²) in [5.41, 5.74) is 0.765. The third-order valence-electron chi connectivity index (χ3n) is 6.36. The Hall–Kier alpha value is -2.05. The van der Waals surface area contributed by atoms with E-state index in [0.29, 0.717) is 25.6 Å². The molecular formula is C20H28N2O5. The zero-order valence-corrected chi connectivity index (χ0v) is 15.7. The summed E-state index contributed by atoms with van der Waals surface area (Å²) in [7, 11) is 0. The molecule has 0 aromatic carbocycles. The quantitative estimate of drug-likeness (QED) is 0.736. The molecule has 1 unspecified atom stereocenters. The van der Waals surface area contributed by atoms with Gasteiger partial charge in [0.15, 0.2) is 0 Å². The molecular weight excluding hydrogens is 348 g/mol. The average molecular weight is 376 g/mol. The van der Waals surface area contributed by atoms with Gasteiger partial charge in [0.05, 0.1) is 19.0 Å². The van der Waals surface area contributed by atoms with Gasteiger partial charge in [-0.25, -0.2) is 14.5 Å². The number of ether oxygens (including phenoxy) is 2. The number of amides is 3. The zero-order chi connectivity index (χ0) is 18.8. The van der Waals surface area contributed by atoms with E-state index in [-0.39, 0.29) is 24.5 Å². The maximum Gasteiger partial charge on any atom is 0.416 e. The van der Waals surface area contributed by atoms with Gasteiger partial charge in [-0.15, -0.1) is 0 Å². The van der Waals surface area contributed by atoms with Gasteiger partial charge in [-0.05, 0) is 37.5 Å². The molecule has 2 aliphatic heterocycles. The highest BCUT2D eigenvalue weighted by atomic mass is 16.6. The Morgan fingerprint density at radius 3 is 2.00 bits per heavy atom. The van der Waals surface area contributed by atoms with E-state index >= 15 is 0 Å². The van der Waals surface area contributed by atoms with Gasteiger partial charge in [0, 0.05) is 5.70 Å². The van der Waals surface area contributed by atoms with E-state index in [1.165, 1.54) is 17.7 Å². The summed E-state index contributed by atoms with van der Waals surface area (Å²) in [5.74, 6) is -0.139. The Morgan fingerprint density at radius 1 is 0.889 bits per heavy atom. The molecule has 2 aliphatic carbocycles. The Balaban J connectivity index is 1.69. The minimum atomic E-state index is -0.563. The summed E-state index contributed by atoms with van der Waals surface area (Å²) in [6.07, 6.45) is 9.80. The van der Waals surface area contributed by atoms with Crippen LogP contribution in [0.25, 0.3) is 0 Å². The number of hydrogen-bond acceptors (Lipinski definition) is 5. The Morgan fingerprint density at radius 2 is 1.44 bits per heavy atom. The van der Waals surface area contributed by atoms with Crippen LogP contribution in [0.2, 0.25) is 0 Å². The van der Waals surface area contributed by atoms with Crippen molar-refractivity contribution in [2.75, 3.05) is 26.3 Å². The lowest BCUT2D eigenvalue weighted by Gasteiger charge is -2.32. The zero-order valence-electron chi connectivity index (χ0n) is 15.7. The molecule has 2 heterocycles. The van der Waals surface area contributed by atoms with Crippen LogP contribution in [0.1, 0.15) is 51.4 Å². The van der Waals surface area contributed by atoms with E-state index in [2.05, 4.69) is 6.08 Å². The lowest BCUT2D eigenvalue weighted by Crippen LogP contribution is -2.44. The van der Waals surface area contributed by atoms with Gasteiger partial charge in [-0.2, -0.15) is 0 Å². The fourth-order valence-corrected chi connectivity index (χ4v) is 4.98. The molecule has 1 atom stereocenters. The molecule has 2 saturated heterocycles. The summed E-state index contributed by atoms with van der Waals surface area (Å²) in [4.78, 5) is 40.7. The predicted octanol–water partition coefficient (Wildman–Crippen LogP) is 3.30. The SMILES string of the molecule is O=C1OCCN1C(=O)C(/C(=C/C1CCCC1)N1CCOC1=O)C1CCCC1. The summed E-state index contributed by atoms with van der Waals surface area (Å²) < 4.78 is 10.2. The van der Waals surface area contributed by atoms with Gasteiger partial charge in [-0.1, -0.05) is 31.8 Å². The fourth-order valence-electron chi connectivity index (χ4n) is 4.98. The molecule has 4 rings (SSSR count). The molecule has 0 N–H and O–H groups in total. The molecule has 3 amide bonds. The van der Waals surface area contributed by atoms with E-state index in [9.17, 15) is 14.4 Å². The molecule has 2 saturated carbocycles. The number of imide groups is 1. The van der Waals surface area contributed by atoms with Crippen LogP contribution in [0.15, 0.2) is 11.8 Å². The topological polar surface area (TPSA) is 76.2 Å². The van der Waals surface area contributed by atoms with Crippen molar-refractivity contribution in [3.8, 4) is 0 Å². The van der Waals surface area contributed by atoms with Crippen molar-refractivity contribution in [2.45, 2.75) is 51.4 Å². The molecule has 7 heteroatoms. The van der Waals surface area contributed by atoms with Crippen molar-refractivity contribution < 1.29 is 23.9 Å². The minimum Gasteiger partial charge on any atom is -0.447 e. The van der Waals surface area contributed by atoms with E-state index < -0.39 is 12.0 Å². The maximum atomic E-state index is 13.4. The van der Waals surface area contributed by atoms with Gasteiger partial charge < -0.3 is 9.47 Å².